The van der Waals surface area contributed by atoms with Crippen molar-refractivity contribution in [1.29, 1.82) is 0 Å². The average molecular weight is 517 g/mol. The minimum atomic E-state index is -0.709. The zero-order valence-corrected chi connectivity index (χ0v) is 23.7. The number of ether oxygens (including phenoxy) is 3. The monoisotopic (exact) mass is 516 g/mol. The summed E-state index contributed by atoms with van der Waals surface area (Å²) < 4.78 is 16.6. The van der Waals surface area contributed by atoms with Gasteiger partial charge in [-0.3, -0.25) is 4.98 Å². The van der Waals surface area contributed by atoms with Gasteiger partial charge in [-0.2, -0.15) is 0 Å². The van der Waals surface area contributed by atoms with Crippen molar-refractivity contribution in [3.05, 3.63) is 69.3 Å². The molecule has 0 amide bonds. The first kappa shape index (κ1) is 27.3. The zero-order valence-electron chi connectivity index (χ0n) is 23.7. The highest BCUT2D eigenvalue weighted by Crippen LogP contribution is 2.43. The highest BCUT2D eigenvalue weighted by atomic mass is 16.5. The molecule has 0 bridgehead atoms. The highest BCUT2D eigenvalue weighted by Gasteiger charge is 2.35. The number of aliphatic hydroxyl groups is 1. The molecular weight excluding hydrogens is 480 g/mol. The normalized spacial score (nSPS) is 13.0. The molecule has 2 aromatic carbocycles. The van der Waals surface area contributed by atoms with Gasteiger partial charge in [0.25, 0.3) is 0 Å². The molecule has 2 aromatic heterocycles. The number of aryl methyl sites for hydroxylation is 2. The van der Waals surface area contributed by atoms with Crippen LogP contribution in [0, 0.1) is 27.7 Å². The Labute approximate surface area is 223 Å². The first-order valence-electron chi connectivity index (χ1n) is 12.7. The summed E-state index contributed by atoms with van der Waals surface area (Å²) in [5.74, 6) is 0.893. The van der Waals surface area contributed by atoms with Crippen LogP contribution in [0.3, 0.4) is 0 Å². The smallest absolute Gasteiger partial charge is 0.356 e. The Morgan fingerprint density at radius 2 is 1.53 bits per heavy atom. The van der Waals surface area contributed by atoms with Crippen LogP contribution in [-0.4, -0.2) is 42.4 Å². The van der Waals surface area contributed by atoms with Gasteiger partial charge in [-0.1, -0.05) is 13.0 Å². The predicted molar refractivity (Wildman–Crippen MR) is 150 cm³/mol. The Kier molecular flexibility index (Phi) is 7.35. The molecular formula is C31H36N2O5. The Hall–Kier alpha value is -3.71. The van der Waals surface area contributed by atoms with Crippen LogP contribution in [0.5, 0.6) is 11.5 Å². The number of esters is 1. The minimum Gasteiger partial charge on any atom is -0.496 e. The molecule has 7 nitrogen and oxygen atoms in total. The summed E-state index contributed by atoms with van der Waals surface area (Å²) >= 11 is 0. The average Bonchev–Trinajstić information content (AvgIpc) is 2.92. The summed E-state index contributed by atoms with van der Waals surface area (Å²) in [7, 11) is 4.62. The number of benzene rings is 2. The van der Waals surface area contributed by atoms with Crippen molar-refractivity contribution in [3.8, 4) is 11.5 Å². The van der Waals surface area contributed by atoms with Crippen LogP contribution in [0.2, 0.25) is 0 Å². The van der Waals surface area contributed by atoms with E-state index in [0.717, 1.165) is 49.5 Å². The van der Waals surface area contributed by atoms with Crippen molar-refractivity contribution in [1.82, 2.24) is 9.97 Å². The maximum absolute atomic E-state index is 12.7. The summed E-state index contributed by atoms with van der Waals surface area (Å²) in [4.78, 5) is 22.6. The second-order valence-corrected chi connectivity index (χ2v) is 10.0. The predicted octanol–water partition coefficient (Wildman–Crippen LogP) is 6.03. The van der Waals surface area contributed by atoms with E-state index in [-0.39, 0.29) is 12.3 Å². The van der Waals surface area contributed by atoms with Crippen LogP contribution in [-0.2, 0) is 16.8 Å². The number of pyridine rings is 2. The van der Waals surface area contributed by atoms with Gasteiger partial charge in [0.15, 0.2) is 0 Å². The number of carbonyl (C=O) groups is 1. The fourth-order valence-corrected chi connectivity index (χ4v) is 5.31. The molecule has 1 atom stereocenters. The van der Waals surface area contributed by atoms with Crippen molar-refractivity contribution in [2.75, 3.05) is 21.3 Å². The van der Waals surface area contributed by atoms with Gasteiger partial charge in [0.1, 0.15) is 17.2 Å². The van der Waals surface area contributed by atoms with Crippen LogP contribution in [0.15, 0.2) is 24.3 Å². The van der Waals surface area contributed by atoms with E-state index >= 15 is 0 Å². The summed E-state index contributed by atoms with van der Waals surface area (Å²) in [6.45, 7) is 12.0. The Morgan fingerprint density at radius 1 is 0.895 bits per heavy atom. The van der Waals surface area contributed by atoms with Crippen LogP contribution >= 0.6 is 0 Å². The van der Waals surface area contributed by atoms with Gasteiger partial charge in [0.2, 0.25) is 0 Å². The molecule has 0 aliphatic carbocycles. The number of methoxy groups -OCH3 is 3. The lowest BCUT2D eigenvalue weighted by Crippen LogP contribution is -2.27. The number of hydrogen-bond donors (Lipinski definition) is 1. The third-order valence-electron chi connectivity index (χ3n) is 8.00. The second kappa shape index (κ2) is 10.2. The van der Waals surface area contributed by atoms with E-state index in [2.05, 4.69) is 26.0 Å². The van der Waals surface area contributed by atoms with Gasteiger partial charge in [-0.15, -0.1) is 0 Å². The molecule has 0 radical (unpaired) electrons. The minimum absolute atomic E-state index is 0.201. The largest absolute Gasteiger partial charge is 0.496 e. The van der Waals surface area contributed by atoms with Crippen LogP contribution in [0.25, 0.3) is 21.5 Å². The first-order chi connectivity index (χ1) is 18.1. The molecule has 7 heteroatoms. The summed E-state index contributed by atoms with van der Waals surface area (Å²) in [5.41, 5.74) is 5.62. The van der Waals surface area contributed by atoms with E-state index in [1.165, 1.54) is 7.11 Å². The lowest BCUT2D eigenvalue weighted by molar-refractivity contribution is 0.0593. The maximum atomic E-state index is 12.7. The van der Waals surface area contributed by atoms with Crippen molar-refractivity contribution in [2.45, 2.75) is 60.0 Å². The highest BCUT2D eigenvalue weighted by molar-refractivity contribution is 5.99. The fraction of sp³-hybridized carbons (Fsp3) is 0.387. The number of carbonyl (C=O) groups excluding carboxylic acids is 1. The number of aromatic nitrogens is 2. The van der Waals surface area contributed by atoms with Gasteiger partial charge in [0.05, 0.1) is 50.4 Å². The van der Waals surface area contributed by atoms with Gasteiger partial charge < -0.3 is 19.3 Å². The summed E-state index contributed by atoms with van der Waals surface area (Å²) in [6.07, 6.45) is 0.639. The quantitative estimate of drug-likeness (QED) is 0.300. The molecule has 2 heterocycles. The maximum Gasteiger partial charge on any atom is 0.356 e. The third-order valence-corrected chi connectivity index (χ3v) is 8.00. The molecule has 0 saturated carbocycles. The number of fused-ring (bicyclic) bond motifs is 2. The fourth-order valence-electron chi connectivity index (χ4n) is 5.31. The molecule has 4 aromatic rings. The molecule has 1 N–H and O–H groups in total. The van der Waals surface area contributed by atoms with Gasteiger partial charge in [-0.25, -0.2) is 9.78 Å². The van der Waals surface area contributed by atoms with Crippen LogP contribution < -0.4 is 9.47 Å². The first-order valence-corrected chi connectivity index (χ1v) is 12.7. The molecule has 0 saturated heterocycles. The number of nitrogens with zero attached hydrogens (tertiary/aromatic N) is 2. The van der Waals surface area contributed by atoms with Gasteiger partial charge in [-0.05, 0) is 86.9 Å². The van der Waals surface area contributed by atoms with E-state index in [0.29, 0.717) is 29.3 Å². The van der Waals surface area contributed by atoms with Crippen molar-refractivity contribution in [2.24, 2.45) is 0 Å². The van der Waals surface area contributed by atoms with Gasteiger partial charge >= 0.3 is 5.97 Å². The third kappa shape index (κ3) is 4.15. The molecule has 200 valence electrons. The number of rotatable bonds is 7. The molecule has 4 rings (SSSR count). The number of aliphatic hydroxyl groups excluding tert-OH is 1. The Bertz CT molecular complexity index is 1580. The Morgan fingerprint density at radius 3 is 2.11 bits per heavy atom. The molecule has 0 unspecified atom stereocenters. The van der Waals surface area contributed by atoms with Crippen molar-refractivity contribution >= 4 is 27.5 Å². The van der Waals surface area contributed by atoms with Crippen LogP contribution in [0.1, 0.15) is 70.1 Å². The summed E-state index contributed by atoms with van der Waals surface area (Å²) in [6, 6.07) is 7.97. The van der Waals surface area contributed by atoms with E-state index in [1.54, 1.807) is 20.3 Å². The molecule has 0 fully saturated rings. The van der Waals surface area contributed by atoms with Crippen molar-refractivity contribution < 1.29 is 24.1 Å². The zero-order chi connectivity index (χ0) is 27.9. The van der Waals surface area contributed by atoms with Gasteiger partial charge in [0, 0.05) is 16.2 Å². The van der Waals surface area contributed by atoms with Crippen LogP contribution in [0.4, 0.5) is 0 Å². The SMILES string of the molecule is CC[C@](C)(c1cc2cc(C)c(C)c(OC)c2c(CO)n1)c1nc(C(=O)OC)cc2c(OC)c(C)c(C)cc12. The Balaban J connectivity index is 2.15. The standard InChI is InChI=1S/C31H36N2O5/c1-10-31(6,25-13-20-11-16(2)19(5)28(37-8)26(20)24(15-34)32-25)29-22-12-17(3)18(4)27(36-7)21(22)14-23(33-29)30(35)38-9/h11-14,34H,10,15H2,1-9H3/t31-/m1/s1. The molecule has 0 aliphatic rings. The summed E-state index contributed by atoms with van der Waals surface area (Å²) in [5, 5.41) is 13.8. The van der Waals surface area contributed by atoms with Crippen molar-refractivity contribution in [3.63, 3.8) is 0 Å². The van der Waals surface area contributed by atoms with E-state index in [9.17, 15) is 9.90 Å². The van der Waals surface area contributed by atoms with E-state index < -0.39 is 11.4 Å². The topological polar surface area (TPSA) is 90.8 Å². The lowest BCUT2D eigenvalue weighted by atomic mass is 9.77. The number of hydrogen-bond acceptors (Lipinski definition) is 7. The second-order valence-electron chi connectivity index (χ2n) is 10.0. The van der Waals surface area contributed by atoms with E-state index in [1.807, 2.05) is 33.8 Å². The molecule has 38 heavy (non-hydrogen) atoms. The molecule has 0 aliphatic heterocycles. The van der Waals surface area contributed by atoms with E-state index in [4.69, 9.17) is 24.2 Å². The lowest BCUT2D eigenvalue weighted by Gasteiger charge is -2.30. The molecule has 0 spiro atoms.